The van der Waals surface area contributed by atoms with Crippen molar-refractivity contribution in [2.45, 2.75) is 43.5 Å². The molecule has 0 radical (unpaired) electrons. The molecule has 0 spiro atoms. The topological polar surface area (TPSA) is 75.7 Å². The molecule has 0 unspecified atom stereocenters. The van der Waals surface area contributed by atoms with E-state index in [2.05, 4.69) is 4.72 Å². The third-order valence-electron chi connectivity index (χ3n) is 5.06. The van der Waals surface area contributed by atoms with Crippen LogP contribution in [0.5, 0.6) is 5.75 Å². The standard InChI is InChI=1S/C22H27ClN2O4S/c1-2-29-21-12-11-18(16-19(21)23)30(27,28)24-20(15-17-9-5-3-6-10-17)22(26)25-13-7-4-8-14-25/h3,5-6,9-12,16,20,24H,2,4,7-8,13-15H2,1H3/t20-/m0/s1. The number of halogens is 1. The van der Waals surface area contributed by atoms with Gasteiger partial charge in [0.25, 0.3) is 0 Å². The summed E-state index contributed by atoms with van der Waals surface area (Å²) < 4.78 is 34.1. The zero-order valence-electron chi connectivity index (χ0n) is 17.0. The summed E-state index contributed by atoms with van der Waals surface area (Å²) >= 11 is 6.17. The van der Waals surface area contributed by atoms with Gasteiger partial charge in [0.2, 0.25) is 15.9 Å². The summed E-state index contributed by atoms with van der Waals surface area (Å²) in [5, 5.41) is 0.210. The molecule has 1 fully saturated rings. The third-order valence-corrected chi connectivity index (χ3v) is 6.82. The fraction of sp³-hybridized carbons (Fsp3) is 0.409. The van der Waals surface area contributed by atoms with Crippen LogP contribution in [-0.2, 0) is 21.2 Å². The van der Waals surface area contributed by atoms with Gasteiger partial charge in [0.05, 0.1) is 16.5 Å². The molecule has 0 aromatic heterocycles. The second-order valence-corrected chi connectivity index (χ2v) is 9.40. The summed E-state index contributed by atoms with van der Waals surface area (Å²) in [7, 11) is -3.95. The summed E-state index contributed by atoms with van der Waals surface area (Å²) in [6.07, 6.45) is 3.24. The number of hydrogen-bond acceptors (Lipinski definition) is 4. The monoisotopic (exact) mass is 450 g/mol. The van der Waals surface area contributed by atoms with Crippen LogP contribution >= 0.6 is 11.6 Å². The lowest BCUT2D eigenvalue weighted by molar-refractivity contribution is -0.133. The Labute approximate surface area is 183 Å². The molecule has 2 aromatic rings. The van der Waals surface area contributed by atoms with Gasteiger partial charge in [0.15, 0.2) is 0 Å². The van der Waals surface area contributed by atoms with Gasteiger partial charge < -0.3 is 9.64 Å². The third kappa shape index (κ3) is 5.74. The minimum atomic E-state index is -3.95. The summed E-state index contributed by atoms with van der Waals surface area (Å²) in [5.41, 5.74) is 0.889. The van der Waals surface area contributed by atoms with Crippen molar-refractivity contribution in [3.63, 3.8) is 0 Å². The SMILES string of the molecule is CCOc1ccc(S(=O)(=O)N[C@@H](Cc2ccccc2)C(=O)N2CCCCC2)cc1Cl. The van der Waals surface area contributed by atoms with Crippen molar-refractivity contribution in [2.24, 2.45) is 0 Å². The average Bonchev–Trinajstić information content (AvgIpc) is 2.75. The van der Waals surface area contributed by atoms with Crippen LogP contribution in [0.25, 0.3) is 0 Å². The highest BCUT2D eigenvalue weighted by Crippen LogP contribution is 2.27. The number of amides is 1. The lowest BCUT2D eigenvalue weighted by atomic mass is 10.0. The second-order valence-electron chi connectivity index (χ2n) is 7.27. The van der Waals surface area contributed by atoms with Crippen LogP contribution in [0.4, 0.5) is 0 Å². The van der Waals surface area contributed by atoms with Crippen LogP contribution in [-0.4, -0.2) is 45.0 Å². The molecule has 1 N–H and O–H groups in total. The number of hydrogen-bond donors (Lipinski definition) is 1. The maximum atomic E-state index is 13.2. The summed E-state index contributed by atoms with van der Waals surface area (Å²) in [5.74, 6) is 0.225. The van der Waals surface area contributed by atoms with E-state index in [0.717, 1.165) is 24.8 Å². The molecule has 0 saturated carbocycles. The predicted molar refractivity (Wildman–Crippen MR) is 117 cm³/mol. The molecule has 1 aliphatic rings. The van der Waals surface area contributed by atoms with E-state index in [1.165, 1.54) is 18.2 Å². The van der Waals surface area contributed by atoms with E-state index in [1.54, 1.807) is 4.90 Å². The maximum absolute atomic E-state index is 13.2. The molecule has 1 aliphatic heterocycles. The van der Waals surface area contributed by atoms with E-state index < -0.39 is 16.1 Å². The van der Waals surface area contributed by atoms with Gasteiger partial charge in [-0.1, -0.05) is 41.9 Å². The van der Waals surface area contributed by atoms with Crippen LogP contribution in [0.1, 0.15) is 31.7 Å². The maximum Gasteiger partial charge on any atom is 0.241 e. The van der Waals surface area contributed by atoms with E-state index >= 15 is 0 Å². The zero-order chi connectivity index (χ0) is 21.6. The number of rotatable bonds is 8. The molecule has 0 aliphatic carbocycles. The fourth-order valence-electron chi connectivity index (χ4n) is 3.54. The van der Waals surface area contributed by atoms with Gasteiger partial charge in [0, 0.05) is 13.1 Å². The minimum Gasteiger partial charge on any atom is -0.492 e. The molecule has 1 atom stereocenters. The first-order chi connectivity index (χ1) is 14.4. The smallest absolute Gasteiger partial charge is 0.241 e. The minimum absolute atomic E-state index is 0.000425. The molecule has 2 aromatic carbocycles. The summed E-state index contributed by atoms with van der Waals surface area (Å²) in [4.78, 5) is 14.9. The number of likely N-dealkylation sites (tertiary alicyclic amines) is 1. The van der Waals surface area contributed by atoms with E-state index in [4.69, 9.17) is 16.3 Å². The first-order valence-corrected chi connectivity index (χ1v) is 12.0. The van der Waals surface area contributed by atoms with Crippen LogP contribution < -0.4 is 9.46 Å². The van der Waals surface area contributed by atoms with Crippen molar-refractivity contribution >= 4 is 27.5 Å². The molecular formula is C22H27ClN2O4S. The lowest BCUT2D eigenvalue weighted by Crippen LogP contribution is -2.50. The Kier molecular flexibility index (Phi) is 7.75. The summed E-state index contributed by atoms with van der Waals surface area (Å²) in [6.45, 7) is 3.55. The average molecular weight is 451 g/mol. The van der Waals surface area contributed by atoms with Crippen LogP contribution in [0.3, 0.4) is 0 Å². The van der Waals surface area contributed by atoms with Crippen molar-refractivity contribution in [1.29, 1.82) is 0 Å². The summed E-state index contributed by atoms with van der Waals surface area (Å²) in [6, 6.07) is 12.8. The molecule has 1 heterocycles. The highest BCUT2D eigenvalue weighted by molar-refractivity contribution is 7.89. The largest absolute Gasteiger partial charge is 0.492 e. The number of benzene rings is 2. The fourth-order valence-corrected chi connectivity index (χ4v) is 5.06. The van der Waals surface area contributed by atoms with E-state index in [1.807, 2.05) is 37.3 Å². The number of carbonyl (C=O) groups excluding carboxylic acids is 1. The Morgan fingerprint density at radius 3 is 2.47 bits per heavy atom. The van der Waals surface area contributed by atoms with E-state index in [0.29, 0.717) is 25.4 Å². The lowest BCUT2D eigenvalue weighted by Gasteiger charge is -2.30. The first-order valence-electron chi connectivity index (χ1n) is 10.2. The molecular weight excluding hydrogens is 424 g/mol. The molecule has 1 amide bonds. The van der Waals surface area contributed by atoms with Gasteiger partial charge in [-0.2, -0.15) is 4.72 Å². The Bertz CT molecular complexity index is 960. The van der Waals surface area contributed by atoms with Crippen molar-refractivity contribution in [3.8, 4) is 5.75 Å². The highest BCUT2D eigenvalue weighted by Gasteiger charge is 2.30. The number of carbonyl (C=O) groups is 1. The molecule has 162 valence electrons. The first kappa shape index (κ1) is 22.6. The van der Waals surface area contributed by atoms with E-state index in [-0.39, 0.29) is 22.2 Å². The predicted octanol–water partition coefficient (Wildman–Crippen LogP) is 3.64. The van der Waals surface area contributed by atoms with Crippen LogP contribution in [0.15, 0.2) is 53.4 Å². The van der Waals surface area contributed by atoms with Gasteiger partial charge in [-0.3, -0.25) is 4.79 Å². The van der Waals surface area contributed by atoms with Gasteiger partial charge in [0.1, 0.15) is 11.8 Å². The van der Waals surface area contributed by atoms with Crippen molar-refractivity contribution in [2.75, 3.05) is 19.7 Å². The highest BCUT2D eigenvalue weighted by atomic mass is 35.5. The molecule has 3 rings (SSSR count). The number of ether oxygens (including phenoxy) is 1. The van der Waals surface area contributed by atoms with Crippen LogP contribution in [0, 0.1) is 0 Å². The second kappa shape index (κ2) is 10.3. The van der Waals surface area contributed by atoms with Crippen molar-refractivity contribution < 1.29 is 17.9 Å². The van der Waals surface area contributed by atoms with Gasteiger partial charge >= 0.3 is 0 Å². The normalized spacial score (nSPS) is 15.6. The Morgan fingerprint density at radius 2 is 1.83 bits per heavy atom. The molecule has 8 heteroatoms. The van der Waals surface area contributed by atoms with Gasteiger partial charge in [-0.05, 0) is 56.4 Å². The Hall–Kier alpha value is -2.09. The Morgan fingerprint density at radius 1 is 1.13 bits per heavy atom. The molecule has 6 nitrogen and oxygen atoms in total. The van der Waals surface area contributed by atoms with E-state index in [9.17, 15) is 13.2 Å². The quantitative estimate of drug-likeness (QED) is 0.666. The van der Waals surface area contributed by atoms with Crippen molar-refractivity contribution in [3.05, 3.63) is 59.1 Å². The number of nitrogens with one attached hydrogen (secondary N) is 1. The van der Waals surface area contributed by atoms with Gasteiger partial charge in [-0.25, -0.2) is 8.42 Å². The zero-order valence-corrected chi connectivity index (χ0v) is 18.6. The molecule has 0 bridgehead atoms. The number of sulfonamides is 1. The Balaban J connectivity index is 1.85. The van der Waals surface area contributed by atoms with Crippen LogP contribution in [0.2, 0.25) is 5.02 Å². The molecule has 1 saturated heterocycles. The van der Waals surface area contributed by atoms with Gasteiger partial charge in [-0.15, -0.1) is 0 Å². The number of piperidine rings is 1. The van der Waals surface area contributed by atoms with Crippen molar-refractivity contribution in [1.82, 2.24) is 9.62 Å². The number of nitrogens with zero attached hydrogens (tertiary/aromatic N) is 1. The molecule has 30 heavy (non-hydrogen) atoms.